The zero-order chi connectivity index (χ0) is 19.3. The topological polar surface area (TPSA) is 85.6 Å². The van der Waals surface area contributed by atoms with Crippen molar-refractivity contribution in [3.63, 3.8) is 0 Å². The minimum atomic E-state index is 0.272. The molecule has 1 aliphatic rings. The van der Waals surface area contributed by atoms with Crippen molar-refractivity contribution < 1.29 is 9.47 Å². The molecule has 0 saturated heterocycles. The van der Waals surface area contributed by atoms with Crippen LogP contribution in [0.1, 0.15) is 22.1 Å². The van der Waals surface area contributed by atoms with Crippen LogP contribution in [0.15, 0.2) is 40.7 Å². The van der Waals surface area contributed by atoms with Gasteiger partial charge in [0, 0.05) is 11.9 Å². The van der Waals surface area contributed by atoms with E-state index in [1.165, 1.54) is 4.88 Å². The normalized spacial score (nSPS) is 13.0. The van der Waals surface area contributed by atoms with E-state index in [4.69, 9.17) is 14.5 Å². The van der Waals surface area contributed by atoms with Gasteiger partial charge in [-0.15, -0.1) is 21.5 Å². The summed E-state index contributed by atoms with van der Waals surface area (Å²) < 4.78 is 12.8. The van der Waals surface area contributed by atoms with E-state index in [1.54, 1.807) is 11.3 Å². The average Bonchev–Trinajstić information content (AvgIpc) is 3.44. The number of hydrogen-bond donors (Lipinski definition) is 2. The Bertz CT molecular complexity index is 967. The monoisotopic (exact) mass is 398 g/mol. The fourth-order valence-electron chi connectivity index (χ4n) is 2.74. The number of nitrogens with one attached hydrogen (secondary N) is 2. The van der Waals surface area contributed by atoms with Crippen LogP contribution in [0.5, 0.6) is 11.5 Å². The van der Waals surface area contributed by atoms with Gasteiger partial charge >= 0.3 is 0 Å². The smallest absolute Gasteiger partial charge is 0.231 e. The molecule has 0 amide bonds. The average molecular weight is 398 g/mol. The van der Waals surface area contributed by atoms with Gasteiger partial charge in [-0.2, -0.15) is 0 Å². The fourth-order valence-corrected chi connectivity index (χ4v) is 3.38. The third-order valence-electron chi connectivity index (χ3n) is 4.46. The molecule has 146 valence electrons. The highest BCUT2D eigenvalue weighted by Gasteiger charge is 2.13. The van der Waals surface area contributed by atoms with Crippen molar-refractivity contribution >= 4 is 17.3 Å². The van der Waals surface area contributed by atoms with Crippen molar-refractivity contribution in [2.24, 2.45) is 12.0 Å². The van der Waals surface area contributed by atoms with Crippen LogP contribution >= 0.6 is 11.3 Å². The van der Waals surface area contributed by atoms with Crippen molar-refractivity contribution in [2.45, 2.75) is 26.6 Å². The quantitative estimate of drug-likeness (QED) is 0.490. The number of aryl methyl sites for hydroxylation is 1. The number of fused-ring (bicyclic) bond motifs is 1. The lowest BCUT2D eigenvalue weighted by Gasteiger charge is -2.12. The van der Waals surface area contributed by atoms with Gasteiger partial charge < -0.3 is 24.7 Å². The lowest BCUT2D eigenvalue weighted by molar-refractivity contribution is 0.174. The molecule has 2 aromatic heterocycles. The zero-order valence-electron chi connectivity index (χ0n) is 15.8. The first kappa shape index (κ1) is 18.3. The Labute approximate surface area is 167 Å². The molecule has 28 heavy (non-hydrogen) atoms. The van der Waals surface area contributed by atoms with Crippen LogP contribution in [0, 0.1) is 6.92 Å². The molecular weight excluding hydrogens is 376 g/mol. The molecule has 0 atom stereocenters. The van der Waals surface area contributed by atoms with E-state index in [2.05, 4.69) is 32.3 Å². The van der Waals surface area contributed by atoms with Crippen LogP contribution in [0.25, 0.3) is 0 Å². The van der Waals surface area contributed by atoms with Gasteiger partial charge in [0.15, 0.2) is 23.3 Å². The van der Waals surface area contributed by atoms with Crippen LogP contribution in [-0.4, -0.2) is 27.5 Å². The maximum atomic E-state index is 5.44. The van der Waals surface area contributed by atoms with E-state index < -0.39 is 0 Å². The number of guanidine groups is 1. The molecule has 9 heteroatoms. The van der Waals surface area contributed by atoms with Gasteiger partial charge in [0.1, 0.15) is 5.82 Å². The van der Waals surface area contributed by atoms with Gasteiger partial charge in [-0.05, 0) is 36.1 Å². The van der Waals surface area contributed by atoms with Crippen LogP contribution in [-0.2, 0) is 26.7 Å². The second kappa shape index (κ2) is 8.30. The van der Waals surface area contributed by atoms with Gasteiger partial charge in [-0.3, -0.25) is 0 Å². The maximum Gasteiger partial charge on any atom is 0.231 e. The molecule has 0 bridgehead atoms. The van der Waals surface area contributed by atoms with Crippen molar-refractivity contribution in [1.29, 1.82) is 0 Å². The molecule has 4 rings (SSSR count). The van der Waals surface area contributed by atoms with E-state index >= 15 is 0 Å². The molecule has 1 aliphatic heterocycles. The number of ether oxygens (including phenoxy) is 2. The predicted octanol–water partition coefficient (Wildman–Crippen LogP) is 2.35. The highest BCUT2D eigenvalue weighted by molar-refractivity contribution is 7.09. The Hall–Kier alpha value is -3.07. The van der Waals surface area contributed by atoms with Gasteiger partial charge in [-0.1, -0.05) is 12.1 Å². The standard InChI is InChI=1S/C19H22N6O2S/c1-13-23-24-18(25(13)2)11-22-19(21-10-15-4-3-7-28-15)20-9-14-5-6-16-17(8-14)27-12-26-16/h3-8H,9-12H2,1-2H3,(H2,20,21,22). The van der Waals surface area contributed by atoms with Gasteiger partial charge in [0.05, 0.1) is 19.6 Å². The molecule has 3 heterocycles. The molecule has 0 spiro atoms. The lowest BCUT2D eigenvalue weighted by Crippen LogP contribution is -2.37. The summed E-state index contributed by atoms with van der Waals surface area (Å²) in [6.07, 6.45) is 0. The molecular formula is C19H22N6O2S. The Kier molecular flexibility index (Phi) is 5.43. The number of hydrogen-bond acceptors (Lipinski definition) is 6. The fraction of sp³-hybridized carbons (Fsp3) is 0.316. The first-order chi connectivity index (χ1) is 13.7. The number of aliphatic imine (C=N–C) groups is 1. The number of benzene rings is 1. The van der Waals surface area contributed by atoms with Crippen LogP contribution < -0.4 is 20.1 Å². The highest BCUT2D eigenvalue weighted by Crippen LogP contribution is 2.32. The minimum Gasteiger partial charge on any atom is -0.454 e. The van der Waals surface area contributed by atoms with E-state index in [-0.39, 0.29) is 6.79 Å². The predicted molar refractivity (Wildman–Crippen MR) is 107 cm³/mol. The van der Waals surface area contributed by atoms with E-state index in [0.717, 1.165) is 28.7 Å². The summed E-state index contributed by atoms with van der Waals surface area (Å²) in [7, 11) is 1.95. The Balaban J connectivity index is 1.44. The SMILES string of the molecule is Cc1nnc(CNC(=NCc2ccc3c(c2)OCO3)NCc2cccs2)n1C. The molecule has 0 saturated carbocycles. The van der Waals surface area contributed by atoms with Crippen LogP contribution in [0.4, 0.5) is 0 Å². The first-order valence-corrected chi connectivity index (χ1v) is 9.85. The zero-order valence-corrected chi connectivity index (χ0v) is 16.6. The summed E-state index contributed by atoms with van der Waals surface area (Å²) in [5, 5.41) is 17.1. The summed E-state index contributed by atoms with van der Waals surface area (Å²) in [5.74, 6) is 3.99. The Morgan fingerprint density at radius 3 is 2.82 bits per heavy atom. The summed E-state index contributed by atoms with van der Waals surface area (Å²) in [4.78, 5) is 5.96. The maximum absolute atomic E-state index is 5.44. The Morgan fingerprint density at radius 1 is 1.18 bits per heavy atom. The third kappa shape index (κ3) is 4.25. The van der Waals surface area contributed by atoms with Crippen LogP contribution in [0.2, 0.25) is 0 Å². The highest BCUT2D eigenvalue weighted by atomic mass is 32.1. The van der Waals surface area contributed by atoms with Gasteiger partial charge in [-0.25, -0.2) is 4.99 Å². The van der Waals surface area contributed by atoms with Gasteiger partial charge in [0.25, 0.3) is 0 Å². The number of rotatable bonds is 6. The summed E-state index contributed by atoms with van der Waals surface area (Å²) >= 11 is 1.71. The molecule has 3 aromatic rings. The first-order valence-electron chi connectivity index (χ1n) is 8.97. The van der Waals surface area contributed by atoms with Crippen LogP contribution in [0.3, 0.4) is 0 Å². The molecule has 0 radical (unpaired) electrons. The summed E-state index contributed by atoms with van der Waals surface area (Å²) in [6.45, 7) is 3.97. The largest absolute Gasteiger partial charge is 0.454 e. The van der Waals surface area contributed by atoms with Crippen molar-refractivity contribution in [1.82, 2.24) is 25.4 Å². The number of nitrogens with zero attached hydrogens (tertiary/aromatic N) is 4. The van der Waals surface area contributed by atoms with Crippen molar-refractivity contribution in [2.75, 3.05) is 6.79 Å². The molecule has 0 fully saturated rings. The minimum absolute atomic E-state index is 0.272. The van der Waals surface area contributed by atoms with E-state index in [1.807, 2.05) is 42.8 Å². The van der Waals surface area contributed by atoms with E-state index in [0.29, 0.717) is 25.6 Å². The Morgan fingerprint density at radius 2 is 2.04 bits per heavy atom. The molecule has 2 N–H and O–H groups in total. The molecule has 8 nitrogen and oxygen atoms in total. The second-order valence-electron chi connectivity index (χ2n) is 6.36. The molecule has 0 aliphatic carbocycles. The molecule has 1 aromatic carbocycles. The summed E-state index contributed by atoms with van der Waals surface area (Å²) in [6, 6.07) is 10.0. The number of thiophene rings is 1. The van der Waals surface area contributed by atoms with Gasteiger partial charge in [0.2, 0.25) is 6.79 Å². The van der Waals surface area contributed by atoms with E-state index in [9.17, 15) is 0 Å². The summed E-state index contributed by atoms with van der Waals surface area (Å²) in [5.41, 5.74) is 1.05. The second-order valence-corrected chi connectivity index (χ2v) is 7.39. The van der Waals surface area contributed by atoms with Crippen molar-refractivity contribution in [3.05, 3.63) is 57.8 Å². The molecule has 0 unspecified atom stereocenters. The lowest BCUT2D eigenvalue weighted by atomic mass is 10.2. The van der Waals surface area contributed by atoms with Crippen molar-refractivity contribution in [3.8, 4) is 11.5 Å². The number of aromatic nitrogens is 3. The third-order valence-corrected chi connectivity index (χ3v) is 5.34.